The van der Waals surface area contributed by atoms with Crippen molar-refractivity contribution in [2.24, 2.45) is 0 Å². The molecule has 132 valence electrons. The second-order valence-corrected chi connectivity index (χ2v) is 6.27. The average molecular weight is 358 g/mol. The minimum Gasteiger partial charge on any atom is -0.507 e. The van der Waals surface area contributed by atoms with E-state index in [2.05, 4.69) is 15.0 Å². The van der Waals surface area contributed by atoms with E-state index in [0.29, 0.717) is 12.1 Å². The molecule has 9 heteroatoms. The van der Waals surface area contributed by atoms with Gasteiger partial charge in [-0.05, 0) is 12.1 Å². The Morgan fingerprint density at radius 1 is 1.30 bits per heavy atom. The molecular formula is C18H16B2N4O3. The van der Waals surface area contributed by atoms with Gasteiger partial charge < -0.3 is 9.84 Å². The highest BCUT2D eigenvalue weighted by Crippen LogP contribution is 2.32. The minimum absolute atomic E-state index is 0.0412. The predicted molar refractivity (Wildman–Crippen MR) is 101 cm³/mol. The molecule has 27 heavy (non-hydrogen) atoms. The Kier molecular flexibility index (Phi) is 5.03. The summed E-state index contributed by atoms with van der Waals surface area (Å²) in [6, 6.07) is 4.36. The molecule has 1 N–H and O–H groups in total. The number of phenols is 1. The van der Waals surface area contributed by atoms with Crippen molar-refractivity contribution in [3.8, 4) is 17.3 Å². The number of benzene rings is 1. The number of hydrogen-bond acceptors (Lipinski definition) is 6. The molecular weight excluding hydrogens is 342 g/mol. The molecule has 0 unspecified atom stereocenters. The predicted octanol–water partition coefficient (Wildman–Crippen LogP) is 1.83. The fourth-order valence-electron chi connectivity index (χ4n) is 2.69. The number of imidazole rings is 1. The highest BCUT2D eigenvalue weighted by Gasteiger charge is 2.29. The quantitative estimate of drug-likeness (QED) is 0.534. The van der Waals surface area contributed by atoms with Crippen molar-refractivity contribution in [3.63, 3.8) is 0 Å². The summed E-state index contributed by atoms with van der Waals surface area (Å²) in [5, 5.41) is 7.96. The van der Waals surface area contributed by atoms with Gasteiger partial charge in [-0.2, -0.15) is 0 Å². The van der Waals surface area contributed by atoms with Crippen LogP contribution in [-0.4, -0.2) is 46.6 Å². The molecule has 7 nitrogen and oxygen atoms in total. The number of carbonyl (C=O) groups excluding carboxylic acids is 1. The third kappa shape index (κ3) is 3.58. The van der Waals surface area contributed by atoms with Gasteiger partial charge in [0.15, 0.2) is 6.29 Å². The van der Waals surface area contributed by atoms with Crippen molar-refractivity contribution in [1.29, 1.82) is 0 Å². The van der Waals surface area contributed by atoms with E-state index in [0.717, 1.165) is 5.82 Å². The largest absolute Gasteiger partial charge is 0.507 e. The van der Waals surface area contributed by atoms with E-state index in [-0.39, 0.29) is 28.5 Å². The third-order valence-electron chi connectivity index (χ3n) is 3.97. The standard InChI is InChI=1S/C18H16B2N4O3/c1-11(2)16-22-6-7-24(16)17-13(8-21-10-23-17)18(19,20)27-15-5-3-4-14(26)12(15)9-25/h3-11,26H,1-2H3. The third-order valence-corrected chi connectivity index (χ3v) is 3.97. The Bertz CT molecular complexity index is 973. The van der Waals surface area contributed by atoms with Gasteiger partial charge in [0.25, 0.3) is 0 Å². The average Bonchev–Trinajstić information content (AvgIpc) is 3.11. The maximum atomic E-state index is 11.3. The molecule has 2 heterocycles. The van der Waals surface area contributed by atoms with E-state index >= 15 is 0 Å². The van der Waals surface area contributed by atoms with Gasteiger partial charge >= 0.3 is 0 Å². The van der Waals surface area contributed by atoms with Gasteiger partial charge in [-0.15, -0.1) is 0 Å². The Balaban J connectivity index is 2.08. The fraction of sp³-hybridized carbons (Fsp3) is 0.222. The van der Waals surface area contributed by atoms with E-state index in [1.54, 1.807) is 17.0 Å². The summed E-state index contributed by atoms with van der Waals surface area (Å²) in [6.07, 6.45) is 6.66. The number of aromatic hydroxyl groups is 1. The van der Waals surface area contributed by atoms with Gasteiger partial charge in [-0.25, -0.2) is 15.0 Å². The van der Waals surface area contributed by atoms with Crippen LogP contribution in [0.25, 0.3) is 5.82 Å². The highest BCUT2D eigenvalue weighted by atomic mass is 16.5. The van der Waals surface area contributed by atoms with Crippen LogP contribution < -0.4 is 4.74 Å². The summed E-state index contributed by atoms with van der Waals surface area (Å²) in [5.74, 6) is 1.10. The van der Waals surface area contributed by atoms with Crippen molar-refractivity contribution in [2.45, 2.75) is 25.2 Å². The van der Waals surface area contributed by atoms with Crippen molar-refractivity contribution >= 4 is 22.0 Å². The summed E-state index contributed by atoms with van der Waals surface area (Å²) in [6.45, 7) is 3.99. The number of aldehydes is 1. The lowest BCUT2D eigenvalue weighted by atomic mass is 9.61. The van der Waals surface area contributed by atoms with Crippen LogP contribution in [0.1, 0.15) is 41.5 Å². The number of phenolic OH excluding ortho intramolecular Hbond substituents is 1. The number of ether oxygens (including phenoxy) is 1. The summed E-state index contributed by atoms with van der Waals surface area (Å²) >= 11 is 0. The molecule has 1 aromatic carbocycles. The van der Waals surface area contributed by atoms with E-state index in [9.17, 15) is 9.90 Å². The molecule has 0 amide bonds. The second-order valence-electron chi connectivity index (χ2n) is 6.27. The van der Waals surface area contributed by atoms with Gasteiger partial charge in [0.1, 0.15) is 45.2 Å². The van der Waals surface area contributed by atoms with E-state index in [1.165, 1.54) is 30.7 Å². The van der Waals surface area contributed by atoms with Crippen molar-refractivity contribution in [1.82, 2.24) is 19.5 Å². The van der Waals surface area contributed by atoms with Crippen LogP contribution >= 0.6 is 0 Å². The lowest BCUT2D eigenvalue weighted by molar-refractivity contribution is 0.111. The number of carbonyl (C=O) groups is 1. The Labute approximate surface area is 159 Å². The number of nitrogens with zero attached hydrogens (tertiary/aromatic N) is 4. The SMILES string of the molecule is [B]C([B])(Oc1cccc(O)c1C=O)c1cncnc1-n1ccnc1C(C)C. The lowest BCUT2D eigenvalue weighted by Gasteiger charge is -2.30. The molecule has 0 saturated carbocycles. The van der Waals surface area contributed by atoms with Gasteiger partial charge in [-0.3, -0.25) is 9.36 Å². The molecule has 0 aliphatic carbocycles. The van der Waals surface area contributed by atoms with Crippen LogP contribution in [0, 0.1) is 0 Å². The molecule has 2 aromatic heterocycles. The van der Waals surface area contributed by atoms with Crippen LogP contribution in [0.3, 0.4) is 0 Å². The summed E-state index contributed by atoms with van der Waals surface area (Å²) < 4.78 is 7.43. The van der Waals surface area contributed by atoms with Crippen molar-refractivity contribution < 1.29 is 14.6 Å². The number of hydrogen-bond donors (Lipinski definition) is 1. The summed E-state index contributed by atoms with van der Waals surface area (Å²) in [5.41, 5.74) is 0.228. The van der Waals surface area contributed by atoms with Gasteiger partial charge in [0.05, 0.1) is 11.0 Å². The minimum atomic E-state index is -1.87. The number of rotatable bonds is 6. The Morgan fingerprint density at radius 2 is 2.07 bits per heavy atom. The maximum absolute atomic E-state index is 11.3. The molecule has 3 rings (SSSR count). The van der Waals surface area contributed by atoms with Crippen LogP contribution in [0.15, 0.2) is 43.1 Å². The van der Waals surface area contributed by atoms with Gasteiger partial charge in [-0.1, -0.05) is 19.9 Å². The zero-order valence-electron chi connectivity index (χ0n) is 14.9. The van der Waals surface area contributed by atoms with E-state index in [1.807, 2.05) is 13.8 Å². The highest BCUT2D eigenvalue weighted by molar-refractivity contribution is 6.39. The summed E-state index contributed by atoms with van der Waals surface area (Å²) in [7, 11) is 12.4. The first kappa shape index (κ1) is 18.7. The molecule has 0 saturated heterocycles. The van der Waals surface area contributed by atoms with E-state index in [4.69, 9.17) is 20.4 Å². The Morgan fingerprint density at radius 3 is 2.78 bits per heavy atom. The first-order valence-corrected chi connectivity index (χ1v) is 8.23. The monoisotopic (exact) mass is 358 g/mol. The molecule has 0 fully saturated rings. The maximum Gasteiger partial charge on any atom is 0.157 e. The van der Waals surface area contributed by atoms with Crippen LogP contribution in [0.2, 0.25) is 0 Å². The molecule has 0 atom stereocenters. The molecule has 0 aliphatic rings. The second kappa shape index (κ2) is 7.26. The van der Waals surface area contributed by atoms with Gasteiger partial charge in [0, 0.05) is 30.1 Å². The Hall–Kier alpha value is -3.09. The first-order chi connectivity index (χ1) is 12.8. The molecule has 4 radical (unpaired) electrons. The van der Waals surface area contributed by atoms with Gasteiger partial charge in [0.2, 0.25) is 0 Å². The smallest absolute Gasteiger partial charge is 0.157 e. The van der Waals surface area contributed by atoms with Crippen LogP contribution in [0.4, 0.5) is 0 Å². The zero-order chi connectivity index (χ0) is 19.6. The van der Waals surface area contributed by atoms with Crippen molar-refractivity contribution in [2.75, 3.05) is 0 Å². The van der Waals surface area contributed by atoms with Crippen LogP contribution in [0.5, 0.6) is 11.5 Å². The first-order valence-electron chi connectivity index (χ1n) is 8.23. The molecule has 0 aliphatic heterocycles. The van der Waals surface area contributed by atoms with Crippen molar-refractivity contribution in [3.05, 3.63) is 60.1 Å². The lowest BCUT2D eigenvalue weighted by Crippen LogP contribution is -2.36. The number of aromatic nitrogens is 4. The van der Waals surface area contributed by atoms with E-state index < -0.39 is 5.40 Å². The molecule has 0 spiro atoms. The van der Waals surface area contributed by atoms with Crippen LogP contribution in [-0.2, 0) is 5.40 Å². The normalized spacial score (nSPS) is 11.5. The summed E-state index contributed by atoms with van der Waals surface area (Å²) in [4.78, 5) is 23.9. The topological polar surface area (TPSA) is 90.1 Å². The zero-order valence-corrected chi connectivity index (χ0v) is 14.9. The molecule has 0 bridgehead atoms. The molecule has 3 aromatic rings. The fourth-order valence-corrected chi connectivity index (χ4v) is 2.69.